The number of carbonyl (C=O) groups is 2. The first-order chi connectivity index (χ1) is 24.0. The van der Waals surface area contributed by atoms with E-state index < -0.39 is 92.1 Å². The predicted molar refractivity (Wildman–Crippen MR) is 174 cm³/mol. The quantitative estimate of drug-likeness (QED) is 0.0727. The Balaban J connectivity index is 1.62. The van der Waals surface area contributed by atoms with Gasteiger partial charge in [-0.3, -0.25) is 10.0 Å². The number of nitrogens with one attached hydrogen (secondary N) is 1. The molecular weight excluding hydrogens is 658 g/mol. The third-order valence-corrected chi connectivity index (χ3v) is 9.97. The largest absolute Gasteiger partial charge is 0.450 e. The highest BCUT2D eigenvalue weighted by Gasteiger charge is 2.51. The van der Waals surface area contributed by atoms with Gasteiger partial charge in [0.05, 0.1) is 31.0 Å². The number of rotatable bonds is 16. The zero-order chi connectivity index (χ0) is 36.4. The standard InChI is InChI=1S/C35H55NO14/c1-4-11-19(2)25(49-34-29(41)28(40)26(38)20(3)46-34)18-45-35-31(50-33(43)22-14-9-6-10-15-22)30(27(39)24(17-37)48-35)47-23(32(42)36-44)16-21-12-7-5-8-13-21/h6,9-10,14-15,19-21,23-31,34-35,37-41,44H,4-5,7-8,11-13,16-18H2,1-3H3,(H,36,42)/t19?,20?,23-,24?,25?,26?,27?,28?,29?,30?,31?,34?,35?/m0/s1. The molecule has 13 atom stereocenters. The van der Waals surface area contributed by atoms with E-state index in [1.54, 1.807) is 23.7 Å². The van der Waals surface area contributed by atoms with Crippen LogP contribution in [0.2, 0.25) is 0 Å². The van der Waals surface area contributed by atoms with Crippen molar-refractivity contribution < 1.29 is 68.8 Å². The Labute approximate surface area is 292 Å². The lowest BCUT2D eigenvalue weighted by atomic mass is 9.85. The van der Waals surface area contributed by atoms with Crippen LogP contribution < -0.4 is 5.48 Å². The SMILES string of the molecule is CCCC(C)C(COC1OC(CO)C(O)C(O[C@@H](CC2CCCCC2)C(=O)NO)C1OC(=O)c1ccccc1)OC1OC(C)C(O)C(O)C1O. The second-order valence-electron chi connectivity index (χ2n) is 13.7. The van der Waals surface area contributed by atoms with Gasteiger partial charge in [0.1, 0.15) is 42.7 Å². The van der Waals surface area contributed by atoms with Crippen molar-refractivity contribution in [3.63, 3.8) is 0 Å². The molecule has 12 unspecified atom stereocenters. The fourth-order valence-corrected chi connectivity index (χ4v) is 6.90. The normalized spacial score (nSPS) is 34.0. The van der Waals surface area contributed by atoms with Crippen molar-refractivity contribution in [3.8, 4) is 0 Å². The summed E-state index contributed by atoms with van der Waals surface area (Å²) in [5, 5.41) is 62.4. The van der Waals surface area contributed by atoms with Gasteiger partial charge >= 0.3 is 5.97 Å². The average molecular weight is 714 g/mol. The van der Waals surface area contributed by atoms with Gasteiger partial charge in [-0.15, -0.1) is 0 Å². The maximum atomic E-state index is 13.4. The summed E-state index contributed by atoms with van der Waals surface area (Å²) in [5.41, 5.74) is 1.83. The van der Waals surface area contributed by atoms with Gasteiger partial charge in [0.25, 0.3) is 5.91 Å². The first-order valence-corrected chi connectivity index (χ1v) is 17.7. The summed E-state index contributed by atoms with van der Waals surface area (Å²) in [7, 11) is 0. The Morgan fingerprint density at radius 2 is 1.62 bits per heavy atom. The molecule has 15 nitrogen and oxygen atoms in total. The van der Waals surface area contributed by atoms with E-state index >= 15 is 0 Å². The molecule has 2 saturated heterocycles. The van der Waals surface area contributed by atoms with Gasteiger partial charge in [0.15, 0.2) is 18.7 Å². The van der Waals surface area contributed by atoms with Crippen LogP contribution in [-0.2, 0) is 33.2 Å². The summed E-state index contributed by atoms with van der Waals surface area (Å²) in [4.78, 5) is 26.3. The number of amides is 1. The monoisotopic (exact) mass is 713 g/mol. The number of aliphatic hydroxyl groups is 5. The molecule has 3 fully saturated rings. The van der Waals surface area contributed by atoms with Crippen LogP contribution in [0.25, 0.3) is 0 Å². The zero-order valence-electron chi connectivity index (χ0n) is 29.0. The van der Waals surface area contributed by atoms with Crippen LogP contribution in [0.5, 0.6) is 0 Å². The predicted octanol–water partition coefficient (Wildman–Crippen LogP) is 1.19. The van der Waals surface area contributed by atoms with Crippen LogP contribution in [0.4, 0.5) is 0 Å². The molecule has 2 heterocycles. The number of hydrogen-bond donors (Lipinski definition) is 7. The third-order valence-electron chi connectivity index (χ3n) is 9.97. The van der Waals surface area contributed by atoms with Gasteiger partial charge in [-0.1, -0.05) is 70.6 Å². The van der Waals surface area contributed by atoms with Crippen LogP contribution in [0.15, 0.2) is 30.3 Å². The first-order valence-electron chi connectivity index (χ1n) is 17.7. The molecule has 284 valence electrons. The van der Waals surface area contributed by atoms with Crippen molar-refractivity contribution in [2.45, 2.75) is 146 Å². The summed E-state index contributed by atoms with van der Waals surface area (Å²) in [6, 6.07) is 8.09. The van der Waals surface area contributed by atoms with Crippen LogP contribution >= 0.6 is 0 Å². The van der Waals surface area contributed by atoms with Gasteiger partial charge in [-0.2, -0.15) is 0 Å². The number of esters is 1. The van der Waals surface area contributed by atoms with Crippen molar-refractivity contribution in [2.75, 3.05) is 13.2 Å². The van der Waals surface area contributed by atoms with Crippen molar-refractivity contribution in [1.29, 1.82) is 0 Å². The van der Waals surface area contributed by atoms with E-state index in [1.165, 1.54) is 19.1 Å². The summed E-state index contributed by atoms with van der Waals surface area (Å²) in [6.07, 6.45) is -9.37. The fraction of sp³-hybridized carbons (Fsp3) is 0.771. The minimum absolute atomic E-state index is 0.117. The molecule has 7 N–H and O–H groups in total. The van der Waals surface area contributed by atoms with Gasteiger partial charge in [-0.25, -0.2) is 10.3 Å². The van der Waals surface area contributed by atoms with Crippen molar-refractivity contribution >= 4 is 11.9 Å². The zero-order valence-corrected chi connectivity index (χ0v) is 29.0. The summed E-state index contributed by atoms with van der Waals surface area (Å²) in [5.74, 6) is -1.70. The van der Waals surface area contributed by atoms with E-state index in [4.69, 9.17) is 28.4 Å². The Morgan fingerprint density at radius 1 is 0.920 bits per heavy atom. The highest BCUT2D eigenvalue weighted by atomic mass is 16.7. The topological polar surface area (TPSA) is 223 Å². The molecule has 1 aromatic carbocycles. The van der Waals surface area contributed by atoms with Crippen molar-refractivity contribution in [1.82, 2.24) is 5.48 Å². The smallest absolute Gasteiger partial charge is 0.338 e. The van der Waals surface area contributed by atoms with Gasteiger partial charge < -0.3 is 54.0 Å². The Hall–Kier alpha value is -2.28. The van der Waals surface area contributed by atoms with Gasteiger partial charge in [-0.05, 0) is 43.7 Å². The minimum Gasteiger partial charge on any atom is -0.450 e. The van der Waals surface area contributed by atoms with E-state index in [9.17, 15) is 40.3 Å². The molecular formula is C35H55NO14. The van der Waals surface area contributed by atoms with Gasteiger partial charge in [0, 0.05) is 0 Å². The van der Waals surface area contributed by atoms with E-state index in [0.29, 0.717) is 6.42 Å². The number of ether oxygens (including phenoxy) is 6. The molecule has 1 amide bonds. The lowest BCUT2D eigenvalue weighted by Gasteiger charge is -2.45. The Morgan fingerprint density at radius 3 is 2.26 bits per heavy atom. The fourth-order valence-electron chi connectivity index (χ4n) is 6.90. The minimum atomic E-state index is -1.58. The van der Waals surface area contributed by atoms with Crippen molar-refractivity contribution in [3.05, 3.63) is 35.9 Å². The van der Waals surface area contributed by atoms with Gasteiger partial charge in [0.2, 0.25) is 0 Å². The lowest BCUT2D eigenvalue weighted by molar-refractivity contribution is -0.332. The molecule has 0 bridgehead atoms. The van der Waals surface area contributed by atoms with E-state index in [2.05, 4.69) is 0 Å². The third kappa shape index (κ3) is 10.4. The second-order valence-corrected chi connectivity index (χ2v) is 13.7. The summed E-state index contributed by atoms with van der Waals surface area (Å²) < 4.78 is 36.1. The number of hydroxylamine groups is 1. The summed E-state index contributed by atoms with van der Waals surface area (Å²) >= 11 is 0. The molecule has 4 rings (SSSR count). The molecule has 1 aliphatic carbocycles. The number of carbonyl (C=O) groups excluding carboxylic acids is 2. The van der Waals surface area contributed by atoms with Crippen LogP contribution in [0.1, 0.15) is 82.5 Å². The van der Waals surface area contributed by atoms with Crippen LogP contribution in [0, 0.1) is 11.8 Å². The molecule has 0 spiro atoms. The maximum absolute atomic E-state index is 13.4. The van der Waals surface area contributed by atoms with Crippen LogP contribution in [0.3, 0.4) is 0 Å². The maximum Gasteiger partial charge on any atom is 0.338 e. The first kappa shape index (κ1) is 40.5. The van der Waals surface area contributed by atoms with E-state index in [1.807, 2.05) is 13.8 Å². The number of benzene rings is 1. The average Bonchev–Trinajstić information content (AvgIpc) is 3.13. The molecule has 1 aromatic rings. The molecule has 15 heteroatoms. The highest BCUT2D eigenvalue weighted by molar-refractivity contribution is 5.89. The Kier molecular flexibility index (Phi) is 15.8. The van der Waals surface area contributed by atoms with Crippen molar-refractivity contribution in [2.24, 2.45) is 11.8 Å². The second kappa shape index (κ2) is 19.5. The highest BCUT2D eigenvalue weighted by Crippen LogP contribution is 2.33. The summed E-state index contributed by atoms with van der Waals surface area (Å²) in [6.45, 7) is 4.51. The van der Waals surface area contributed by atoms with E-state index in [-0.39, 0.29) is 30.4 Å². The molecule has 3 aliphatic rings. The van der Waals surface area contributed by atoms with Crippen LogP contribution in [-0.4, -0.2) is 129 Å². The Bertz CT molecular complexity index is 1170. The molecule has 50 heavy (non-hydrogen) atoms. The molecule has 1 saturated carbocycles. The molecule has 0 aromatic heterocycles. The van der Waals surface area contributed by atoms with E-state index in [0.717, 1.165) is 38.5 Å². The number of aliphatic hydroxyl groups excluding tert-OH is 5. The number of hydrogen-bond acceptors (Lipinski definition) is 14. The molecule has 0 radical (unpaired) electrons. The molecule has 2 aliphatic heterocycles. The lowest BCUT2D eigenvalue weighted by Crippen LogP contribution is -2.63.